The van der Waals surface area contributed by atoms with E-state index in [-0.39, 0.29) is 11.3 Å². The van der Waals surface area contributed by atoms with E-state index in [0.29, 0.717) is 12.2 Å². The number of hydrogen-bond donors (Lipinski definition) is 3. The summed E-state index contributed by atoms with van der Waals surface area (Å²) in [5, 5.41) is 12.1. The van der Waals surface area contributed by atoms with Crippen LogP contribution < -0.4 is 11.1 Å². The summed E-state index contributed by atoms with van der Waals surface area (Å²) in [6.07, 6.45) is 0.752. The van der Waals surface area contributed by atoms with Gasteiger partial charge in [0, 0.05) is 5.69 Å². The van der Waals surface area contributed by atoms with Crippen LogP contribution in [0.1, 0.15) is 15.9 Å². The molecule has 0 heterocycles. The molecule has 0 unspecified atom stereocenters. The minimum absolute atomic E-state index is 0.362. The summed E-state index contributed by atoms with van der Waals surface area (Å²) in [4.78, 5) is 11.9. The largest absolute Gasteiger partial charge is 0.507 e. The van der Waals surface area contributed by atoms with Crippen LogP contribution in [0, 0.1) is 5.82 Å². The SMILES string of the molecule is NCCc1ccc(NC(=O)c2c(O)cccc2F)cc1. The number of phenolic OH excluding ortho intramolecular Hbond substituents is 1. The Morgan fingerprint density at radius 1 is 1.20 bits per heavy atom. The number of aromatic hydroxyl groups is 1. The molecule has 0 aliphatic carbocycles. The number of halogens is 1. The van der Waals surface area contributed by atoms with E-state index in [1.54, 1.807) is 12.1 Å². The zero-order chi connectivity index (χ0) is 14.5. The third-order valence-corrected chi connectivity index (χ3v) is 2.86. The predicted molar refractivity (Wildman–Crippen MR) is 75.2 cm³/mol. The number of carbonyl (C=O) groups is 1. The molecule has 0 radical (unpaired) electrons. The van der Waals surface area contributed by atoms with Crippen molar-refractivity contribution in [3.63, 3.8) is 0 Å². The Kier molecular flexibility index (Phi) is 4.32. The summed E-state index contributed by atoms with van der Waals surface area (Å²) < 4.78 is 13.5. The number of amides is 1. The fourth-order valence-electron chi connectivity index (χ4n) is 1.85. The van der Waals surface area contributed by atoms with Gasteiger partial charge in [-0.2, -0.15) is 0 Å². The van der Waals surface area contributed by atoms with Gasteiger partial charge in [0.05, 0.1) is 0 Å². The summed E-state index contributed by atoms with van der Waals surface area (Å²) in [5.41, 5.74) is 6.67. The van der Waals surface area contributed by atoms with Crippen LogP contribution in [0.5, 0.6) is 5.75 Å². The lowest BCUT2D eigenvalue weighted by atomic mass is 10.1. The van der Waals surface area contributed by atoms with Gasteiger partial charge in [0.1, 0.15) is 17.1 Å². The Bertz CT molecular complexity index is 592. The average molecular weight is 274 g/mol. The van der Waals surface area contributed by atoms with Crippen LogP contribution in [0.4, 0.5) is 10.1 Å². The second kappa shape index (κ2) is 6.16. The van der Waals surface area contributed by atoms with Crippen LogP contribution in [0.3, 0.4) is 0 Å². The van der Waals surface area contributed by atoms with E-state index in [2.05, 4.69) is 5.32 Å². The van der Waals surface area contributed by atoms with E-state index in [0.717, 1.165) is 18.1 Å². The topological polar surface area (TPSA) is 75.3 Å². The van der Waals surface area contributed by atoms with Crippen LogP contribution >= 0.6 is 0 Å². The van der Waals surface area contributed by atoms with E-state index in [1.807, 2.05) is 12.1 Å². The first kappa shape index (κ1) is 14.0. The first-order valence-electron chi connectivity index (χ1n) is 6.19. The normalized spacial score (nSPS) is 10.3. The highest BCUT2D eigenvalue weighted by Gasteiger charge is 2.16. The van der Waals surface area contributed by atoms with Crippen LogP contribution in [0.15, 0.2) is 42.5 Å². The van der Waals surface area contributed by atoms with Crippen molar-refractivity contribution in [2.24, 2.45) is 5.73 Å². The number of benzene rings is 2. The number of nitrogens with two attached hydrogens (primary N) is 1. The first-order valence-corrected chi connectivity index (χ1v) is 6.19. The lowest BCUT2D eigenvalue weighted by molar-refractivity contribution is 0.102. The molecule has 0 atom stereocenters. The lowest BCUT2D eigenvalue weighted by Crippen LogP contribution is -2.14. The molecule has 104 valence electrons. The molecule has 4 N–H and O–H groups in total. The van der Waals surface area contributed by atoms with Crippen molar-refractivity contribution in [1.29, 1.82) is 0 Å². The van der Waals surface area contributed by atoms with Crippen molar-refractivity contribution >= 4 is 11.6 Å². The van der Waals surface area contributed by atoms with E-state index >= 15 is 0 Å². The summed E-state index contributed by atoms with van der Waals surface area (Å²) in [5.74, 6) is -1.84. The molecule has 2 rings (SSSR count). The fraction of sp³-hybridized carbons (Fsp3) is 0.133. The number of carbonyl (C=O) groups excluding carboxylic acids is 1. The van der Waals surface area contributed by atoms with Crippen LogP contribution in [-0.2, 0) is 6.42 Å². The van der Waals surface area contributed by atoms with E-state index < -0.39 is 11.7 Å². The number of anilines is 1. The standard InChI is InChI=1S/C15H15FN2O2/c16-12-2-1-3-13(19)14(12)15(20)18-11-6-4-10(5-7-11)8-9-17/h1-7,19H,8-9,17H2,(H,18,20). The van der Waals surface area contributed by atoms with Gasteiger partial charge < -0.3 is 16.2 Å². The smallest absolute Gasteiger partial charge is 0.262 e. The van der Waals surface area contributed by atoms with Crippen molar-refractivity contribution < 1.29 is 14.3 Å². The molecule has 2 aromatic carbocycles. The second-order valence-corrected chi connectivity index (χ2v) is 4.32. The molecule has 0 saturated heterocycles. The van der Waals surface area contributed by atoms with Crippen LogP contribution in [0.2, 0.25) is 0 Å². The van der Waals surface area contributed by atoms with Crippen molar-refractivity contribution in [3.8, 4) is 5.75 Å². The molecule has 2 aromatic rings. The van der Waals surface area contributed by atoms with Crippen LogP contribution in [-0.4, -0.2) is 17.6 Å². The van der Waals surface area contributed by atoms with E-state index in [9.17, 15) is 14.3 Å². The van der Waals surface area contributed by atoms with Gasteiger partial charge in [0.25, 0.3) is 5.91 Å². The number of phenols is 1. The Labute approximate surface area is 116 Å². The van der Waals surface area contributed by atoms with Crippen molar-refractivity contribution in [2.75, 3.05) is 11.9 Å². The molecule has 0 aromatic heterocycles. The third kappa shape index (κ3) is 3.13. The van der Waals surface area contributed by atoms with Crippen LogP contribution in [0.25, 0.3) is 0 Å². The van der Waals surface area contributed by atoms with Crippen molar-refractivity contribution in [3.05, 3.63) is 59.4 Å². The van der Waals surface area contributed by atoms with Gasteiger partial charge in [-0.1, -0.05) is 18.2 Å². The molecule has 5 heteroatoms. The lowest BCUT2D eigenvalue weighted by Gasteiger charge is -2.08. The highest BCUT2D eigenvalue weighted by Crippen LogP contribution is 2.21. The monoisotopic (exact) mass is 274 g/mol. The van der Waals surface area contributed by atoms with E-state index in [4.69, 9.17) is 5.73 Å². The zero-order valence-corrected chi connectivity index (χ0v) is 10.8. The maximum atomic E-state index is 13.5. The Morgan fingerprint density at radius 2 is 1.90 bits per heavy atom. The highest BCUT2D eigenvalue weighted by atomic mass is 19.1. The van der Waals surface area contributed by atoms with Gasteiger partial charge in [-0.25, -0.2) is 4.39 Å². The number of hydrogen-bond acceptors (Lipinski definition) is 3. The molecule has 20 heavy (non-hydrogen) atoms. The first-order chi connectivity index (χ1) is 9.61. The third-order valence-electron chi connectivity index (χ3n) is 2.86. The van der Waals surface area contributed by atoms with Gasteiger partial charge in [-0.05, 0) is 42.8 Å². The van der Waals surface area contributed by atoms with Gasteiger partial charge in [-0.3, -0.25) is 4.79 Å². The summed E-state index contributed by atoms with van der Waals surface area (Å²) in [6.45, 7) is 0.550. The van der Waals surface area contributed by atoms with E-state index in [1.165, 1.54) is 12.1 Å². The summed E-state index contributed by atoms with van der Waals surface area (Å²) >= 11 is 0. The molecule has 0 aliphatic rings. The summed E-state index contributed by atoms with van der Waals surface area (Å²) in [6, 6.07) is 10.8. The Morgan fingerprint density at radius 3 is 2.50 bits per heavy atom. The van der Waals surface area contributed by atoms with Gasteiger partial charge in [-0.15, -0.1) is 0 Å². The second-order valence-electron chi connectivity index (χ2n) is 4.32. The quantitative estimate of drug-likeness (QED) is 0.800. The molecular formula is C15H15FN2O2. The maximum Gasteiger partial charge on any atom is 0.262 e. The molecular weight excluding hydrogens is 259 g/mol. The van der Waals surface area contributed by atoms with Crippen molar-refractivity contribution in [2.45, 2.75) is 6.42 Å². The number of rotatable bonds is 4. The number of nitrogens with one attached hydrogen (secondary N) is 1. The van der Waals surface area contributed by atoms with Gasteiger partial charge in [0.2, 0.25) is 0 Å². The molecule has 0 aliphatic heterocycles. The Hall–Kier alpha value is -2.40. The Balaban J connectivity index is 2.15. The molecule has 0 fully saturated rings. The molecule has 4 nitrogen and oxygen atoms in total. The fourth-order valence-corrected chi connectivity index (χ4v) is 1.85. The molecule has 0 bridgehead atoms. The highest BCUT2D eigenvalue weighted by molar-refractivity contribution is 6.06. The maximum absolute atomic E-state index is 13.5. The summed E-state index contributed by atoms with van der Waals surface area (Å²) in [7, 11) is 0. The van der Waals surface area contributed by atoms with Gasteiger partial charge in [0.15, 0.2) is 0 Å². The molecule has 0 saturated carbocycles. The zero-order valence-electron chi connectivity index (χ0n) is 10.8. The average Bonchev–Trinajstić information content (AvgIpc) is 2.41. The minimum atomic E-state index is -0.762. The predicted octanol–water partition coefficient (Wildman–Crippen LogP) is 2.28. The molecule has 1 amide bonds. The van der Waals surface area contributed by atoms with Crippen molar-refractivity contribution in [1.82, 2.24) is 0 Å². The molecule has 0 spiro atoms. The van der Waals surface area contributed by atoms with Gasteiger partial charge >= 0.3 is 0 Å². The minimum Gasteiger partial charge on any atom is -0.507 e.